The minimum Gasteiger partial charge on any atom is -0.484 e. The van der Waals surface area contributed by atoms with E-state index in [0.717, 1.165) is 11.1 Å². The molecule has 0 aliphatic carbocycles. The third-order valence-electron chi connectivity index (χ3n) is 3.57. The molecular weight excluding hydrogens is 298 g/mol. The maximum absolute atomic E-state index is 12.0. The monoisotopic (exact) mass is 317 g/mol. The summed E-state index contributed by atoms with van der Waals surface area (Å²) >= 11 is 5.96. The molecule has 0 fully saturated rings. The maximum Gasteiger partial charge on any atom is 0.258 e. The summed E-state index contributed by atoms with van der Waals surface area (Å²) < 4.78 is 5.53. The Bertz CT molecular complexity index is 670. The largest absolute Gasteiger partial charge is 0.484 e. The lowest BCUT2D eigenvalue weighted by Crippen LogP contribution is -2.31. The molecule has 2 aromatic rings. The molecule has 0 saturated carbocycles. The van der Waals surface area contributed by atoms with Gasteiger partial charge in [0.05, 0.1) is 6.04 Å². The van der Waals surface area contributed by atoms with Gasteiger partial charge in [-0.05, 0) is 61.7 Å². The van der Waals surface area contributed by atoms with Gasteiger partial charge in [-0.2, -0.15) is 0 Å². The van der Waals surface area contributed by atoms with Gasteiger partial charge in [-0.1, -0.05) is 29.8 Å². The van der Waals surface area contributed by atoms with Gasteiger partial charge in [-0.25, -0.2) is 0 Å². The second-order valence-corrected chi connectivity index (χ2v) is 5.82. The Labute approximate surface area is 136 Å². The van der Waals surface area contributed by atoms with E-state index in [4.69, 9.17) is 16.3 Å². The topological polar surface area (TPSA) is 38.3 Å². The second kappa shape index (κ2) is 7.32. The number of aryl methyl sites for hydroxylation is 2. The standard InChI is InChI=1S/C18H20ClNO2/c1-12-7-8-17(9-13(12)2)22-11-18(21)20-14(3)15-5-4-6-16(19)10-15/h4-10,14H,11H2,1-3H3,(H,20,21). The summed E-state index contributed by atoms with van der Waals surface area (Å²) in [5.41, 5.74) is 3.31. The van der Waals surface area contributed by atoms with Crippen LogP contribution in [0.25, 0.3) is 0 Å². The van der Waals surface area contributed by atoms with E-state index in [-0.39, 0.29) is 18.6 Å². The van der Waals surface area contributed by atoms with Crippen LogP contribution in [0.1, 0.15) is 29.7 Å². The molecule has 0 aromatic heterocycles. The van der Waals surface area contributed by atoms with Gasteiger partial charge in [0.1, 0.15) is 5.75 Å². The lowest BCUT2D eigenvalue weighted by Gasteiger charge is -2.15. The molecule has 2 rings (SSSR count). The van der Waals surface area contributed by atoms with Gasteiger partial charge in [-0.3, -0.25) is 4.79 Å². The molecule has 0 aliphatic rings. The fourth-order valence-electron chi connectivity index (χ4n) is 2.09. The van der Waals surface area contributed by atoms with E-state index in [1.54, 1.807) is 0 Å². The molecule has 0 heterocycles. The first kappa shape index (κ1) is 16.4. The highest BCUT2D eigenvalue weighted by molar-refractivity contribution is 6.30. The Balaban J connectivity index is 1.88. The van der Waals surface area contributed by atoms with Crippen LogP contribution in [0, 0.1) is 13.8 Å². The van der Waals surface area contributed by atoms with E-state index >= 15 is 0 Å². The Hall–Kier alpha value is -2.00. The molecule has 22 heavy (non-hydrogen) atoms. The van der Waals surface area contributed by atoms with Crippen molar-refractivity contribution in [1.29, 1.82) is 0 Å². The van der Waals surface area contributed by atoms with Crippen LogP contribution in [0.5, 0.6) is 5.75 Å². The zero-order chi connectivity index (χ0) is 16.1. The number of hydrogen-bond acceptors (Lipinski definition) is 2. The van der Waals surface area contributed by atoms with Crippen molar-refractivity contribution >= 4 is 17.5 Å². The number of amides is 1. The van der Waals surface area contributed by atoms with Crippen molar-refractivity contribution in [3.63, 3.8) is 0 Å². The van der Waals surface area contributed by atoms with Crippen LogP contribution >= 0.6 is 11.6 Å². The van der Waals surface area contributed by atoms with Crippen molar-refractivity contribution < 1.29 is 9.53 Å². The average molecular weight is 318 g/mol. The fourth-order valence-corrected chi connectivity index (χ4v) is 2.29. The first-order valence-electron chi connectivity index (χ1n) is 7.20. The minimum absolute atomic E-state index is 0.00654. The van der Waals surface area contributed by atoms with Crippen LogP contribution in [0.4, 0.5) is 0 Å². The molecule has 1 amide bonds. The lowest BCUT2D eigenvalue weighted by molar-refractivity contribution is -0.123. The number of halogens is 1. The smallest absolute Gasteiger partial charge is 0.258 e. The SMILES string of the molecule is Cc1ccc(OCC(=O)NC(C)c2cccc(Cl)c2)cc1C. The molecule has 1 atom stereocenters. The van der Waals surface area contributed by atoms with Crippen LogP contribution in [0.2, 0.25) is 5.02 Å². The predicted octanol–water partition coefficient (Wildman–Crippen LogP) is 4.21. The molecule has 0 aliphatic heterocycles. The van der Waals surface area contributed by atoms with E-state index < -0.39 is 0 Å². The number of nitrogens with one attached hydrogen (secondary N) is 1. The highest BCUT2D eigenvalue weighted by Gasteiger charge is 2.10. The number of ether oxygens (including phenoxy) is 1. The van der Waals surface area contributed by atoms with Crippen LogP contribution < -0.4 is 10.1 Å². The van der Waals surface area contributed by atoms with Gasteiger partial charge in [0.25, 0.3) is 5.91 Å². The minimum atomic E-state index is -0.161. The zero-order valence-electron chi connectivity index (χ0n) is 13.0. The van der Waals surface area contributed by atoms with Crippen molar-refractivity contribution in [3.8, 4) is 5.75 Å². The first-order valence-corrected chi connectivity index (χ1v) is 7.58. The molecule has 2 aromatic carbocycles. The summed E-state index contributed by atoms with van der Waals surface area (Å²) in [6.45, 7) is 5.97. The highest BCUT2D eigenvalue weighted by atomic mass is 35.5. The van der Waals surface area contributed by atoms with E-state index in [1.807, 2.05) is 63.2 Å². The zero-order valence-corrected chi connectivity index (χ0v) is 13.8. The molecule has 0 saturated heterocycles. The van der Waals surface area contributed by atoms with E-state index in [0.29, 0.717) is 10.8 Å². The molecule has 3 nitrogen and oxygen atoms in total. The van der Waals surface area contributed by atoms with Gasteiger partial charge in [-0.15, -0.1) is 0 Å². The number of rotatable bonds is 5. The van der Waals surface area contributed by atoms with Gasteiger partial charge < -0.3 is 10.1 Å². The summed E-state index contributed by atoms with van der Waals surface area (Å²) in [4.78, 5) is 12.0. The predicted molar refractivity (Wildman–Crippen MR) is 89.4 cm³/mol. The van der Waals surface area contributed by atoms with Crippen molar-refractivity contribution in [1.82, 2.24) is 5.32 Å². The van der Waals surface area contributed by atoms with Crippen LogP contribution in [-0.4, -0.2) is 12.5 Å². The number of carbonyl (C=O) groups is 1. The molecule has 0 bridgehead atoms. The molecule has 0 radical (unpaired) electrons. The quantitative estimate of drug-likeness (QED) is 0.897. The Kier molecular flexibility index (Phi) is 5.45. The number of benzene rings is 2. The van der Waals surface area contributed by atoms with Gasteiger partial charge in [0.15, 0.2) is 6.61 Å². The summed E-state index contributed by atoms with van der Waals surface area (Å²) in [7, 11) is 0. The van der Waals surface area contributed by atoms with Crippen LogP contribution in [-0.2, 0) is 4.79 Å². The van der Waals surface area contributed by atoms with Gasteiger partial charge >= 0.3 is 0 Å². The van der Waals surface area contributed by atoms with Crippen LogP contribution in [0.3, 0.4) is 0 Å². The molecule has 0 spiro atoms. The number of hydrogen-bond donors (Lipinski definition) is 1. The molecule has 1 unspecified atom stereocenters. The van der Waals surface area contributed by atoms with Crippen molar-refractivity contribution in [2.75, 3.05) is 6.61 Å². The van der Waals surface area contributed by atoms with Gasteiger partial charge in [0.2, 0.25) is 0 Å². The van der Waals surface area contributed by atoms with Crippen LogP contribution in [0.15, 0.2) is 42.5 Å². The van der Waals surface area contributed by atoms with E-state index in [9.17, 15) is 4.79 Å². The Morgan fingerprint density at radius 2 is 1.95 bits per heavy atom. The third kappa shape index (κ3) is 4.50. The summed E-state index contributed by atoms with van der Waals surface area (Å²) in [5, 5.41) is 3.55. The lowest BCUT2D eigenvalue weighted by atomic mass is 10.1. The highest BCUT2D eigenvalue weighted by Crippen LogP contribution is 2.18. The average Bonchev–Trinajstić information content (AvgIpc) is 2.48. The maximum atomic E-state index is 12.0. The summed E-state index contributed by atoms with van der Waals surface area (Å²) in [5.74, 6) is 0.541. The molecule has 4 heteroatoms. The summed E-state index contributed by atoms with van der Waals surface area (Å²) in [6.07, 6.45) is 0. The second-order valence-electron chi connectivity index (χ2n) is 5.38. The molecular formula is C18H20ClNO2. The summed E-state index contributed by atoms with van der Waals surface area (Å²) in [6, 6.07) is 13.1. The van der Waals surface area contributed by atoms with Crippen molar-refractivity contribution in [3.05, 3.63) is 64.2 Å². The van der Waals surface area contributed by atoms with E-state index in [1.165, 1.54) is 5.56 Å². The normalized spacial score (nSPS) is 11.8. The third-order valence-corrected chi connectivity index (χ3v) is 3.81. The van der Waals surface area contributed by atoms with Gasteiger partial charge in [0, 0.05) is 5.02 Å². The first-order chi connectivity index (χ1) is 10.5. The fraction of sp³-hybridized carbons (Fsp3) is 0.278. The van der Waals surface area contributed by atoms with Crippen molar-refractivity contribution in [2.24, 2.45) is 0 Å². The molecule has 1 N–H and O–H groups in total. The number of carbonyl (C=O) groups excluding carboxylic acids is 1. The molecule has 116 valence electrons. The van der Waals surface area contributed by atoms with Crippen molar-refractivity contribution in [2.45, 2.75) is 26.8 Å². The Morgan fingerprint density at radius 3 is 2.64 bits per heavy atom. The van der Waals surface area contributed by atoms with E-state index in [2.05, 4.69) is 5.32 Å². The Morgan fingerprint density at radius 1 is 1.18 bits per heavy atom.